The Morgan fingerprint density at radius 3 is 2.06 bits per heavy atom. The van der Waals surface area contributed by atoms with Crippen molar-refractivity contribution in [3.8, 4) is 0 Å². The number of thiophene rings is 1. The molecule has 0 spiro atoms. The number of anilines is 3. The molecule has 0 aliphatic heterocycles. The Hall–Kier alpha value is -3.81. The molecule has 0 aliphatic rings. The number of nitrogens with two attached hydrogens (primary N) is 1. The van der Waals surface area contributed by atoms with Crippen molar-refractivity contribution >= 4 is 58.4 Å². The van der Waals surface area contributed by atoms with Crippen LogP contribution in [0.1, 0.15) is 17.4 Å². The van der Waals surface area contributed by atoms with Crippen molar-refractivity contribution in [2.24, 2.45) is 10.7 Å². The fourth-order valence-electron chi connectivity index (χ4n) is 2.87. The lowest BCUT2D eigenvalue weighted by atomic mass is 10.1. The average Bonchev–Trinajstić information content (AvgIpc) is 3.37. The number of aliphatic imine (C=N–C) groups is 1. The van der Waals surface area contributed by atoms with Gasteiger partial charge in [-0.05, 0) is 72.0 Å². The number of carboxylic acid groups (broad SMARTS) is 1. The summed E-state index contributed by atoms with van der Waals surface area (Å²) in [5.74, 6) is 0.583. The van der Waals surface area contributed by atoms with Gasteiger partial charge in [-0.1, -0.05) is 43.3 Å². The molecule has 0 radical (unpaired) electrons. The molecule has 0 fully saturated rings. The maximum atomic E-state index is 10.4. The van der Waals surface area contributed by atoms with Gasteiger partial charge in [0.2, 0.25) is 0 Å². The standard InChI is InChI=1S/C13H12N2O2.C13H14N2S.ClH/c16-13(17)15-12-8-6-11(7-9-12)14-10-4-2-1-3-5-10;1-2-10-5-7-11(8-6-10)15-13(14)12-4-3-9-16-12;/h1-9,14-15H,(H,16,17);3-9H,2H2,1H3,(H2,14,15);1H. The summed E-state index contributed by atoms with van der Waals surface area (Å²) in [6.07, 6.45) is -0.0153. The van der Waals surface area contributed by atoms with Gasteiger partial charge in [0.15, 0.2) is 0 Å². The number of aryl methyl sites for hydroxylation is 1. The first-order valence-corrected chi connectivity index (χ1v) is 11.3. The third-order valence-corrected chi connectivity index (χ3v) is 5.46. The fraction of sp³-hybridized carbons (Fsp3) is 0.0769. The van der Waals surface area contributed by atoms with Crippen molar-refractivity contribution < 1.29 is 9.90 Å². The van der Waals surface area contributed by atoms with E-state index in [-0.39, 0.29) is 12.4 Å². The smallest absolute Gasteiger partial charge is 0.409 e. The molecule has 0 aliphatic carbocycles. The number of amides is 1. The zero-order valence-corrected chi connectivity index (χ0v) is 20.3. The summed E-state index contributed by atoms with van der Waals surface area (Å²) in [5.41, 5.74) is 10.6. The second-order valence-corrected chi connectivity index (χ2v) is 7.94. The van der Waals surface area contributed by atoms with Crippen molar-refractivity contribution in [3.63, 3.8) is 0 Å². The number of benzene rings is 3. The molecule has 6 nitrogen and oxygen atoms in total. The number of carbonyl (C=O) groups is 1. The van der Waals surface area contributed by atoms with Crippen LogP contribution in [0, 0.1) is 0 Å². The quantitative estimate of drug-likeness (QED) is 0.167. The molecule has 4 rings (SSSR count). The lowest BCUT2D eigenvalue weighted by molar-refractivity contribution is 0.209. The number of nitrogens with one attached hydrogen (secondary N) is 2. The van der Waals surface area contributed by atoms with E-state index < -0.39 is 6.09 Å². The van der Waals surface area contributed by atoms with E-state index in [0.717, 1.165) is 28.4 Å². The summed E-state index contributed by atoms with van der Waals surface area (Å²) in [7, 11) is 0. The van der Waals surface area contributed by atoms with Crippen molar-refractivity contribution in [3.05, 3.63) is 107 Å². The third-order valence-electron chi connectivity index (χ3n) is 4.57. The van der Waals surface area contributed by atoms with Crippen molar-refractivity contribution in [1.29, 1.82) is 0 Å². The summed E-state index contributed by atoms with van der Waals surface area (Å²) in [5, 5.41) is 16.0. The summed E-state index contributed by atoms with van der Waals surface area (Å²) in [6.45, 7) is 2.14. The van der Waals surface area contributed by atoms with Crippen LogP contribution in [0.4, 0.5) is 27.5 Å². The van der Waals surface area contributed by atoms with E-state index in [0.29, 0.717) is 11.5 Å². The van der Waals surface area contributed by atoms with E-state index in [4.69, 9.17) is 10.8 Å². The van der Waals surface area contributed by atoms with E-state index in [1.54, 1.807) is 23.5 Å². The minimum atomic E-state index is -1.06. The molecule has 0 saturated carbocycles. The normalized spacial score (nSPS) is 10.3. The summed E-state index contributed by atoms with van der Waals surface area (Å²) < 4.78 is 0. The van der Waals surface area contributed by atoms with E-state index in [9.17, 15) is 4.79 Å². The molecule has 1 heterocycles. The molecule has 0 bridgehead atoms. The summed E-state index contributed by atoms with van der Waals surface area (Å²) in [6, 6.07) is 28.9. The van der Waals surface area contributed by atoms with E-state index in [1.807, 2.05) is 72.1 Å². The topological polar surface area (TPSA) is 99.7 Å². The second-order valence-electron chi connectivity index (χ2n) is 6.99. The predicted octanol–water partition coefficient (Wildman–Crippen LogP) is 7.29. The van der Waals surface area contributed by atoms with Crippen LogP contribution in [0.3, 0.4) is 0 Å². The maximum Gasteiger partial charge on any atom is 0.409 e. The monoisotopic (exact) mass is 494 g/mol. The first-order valence-electron chi connectivity index (χ1n) is 10.4. The average molecular weight is 495 g/mol. The molecule has 0 atom stereocenters. The van der Waals surface area contributed by atoms with Crippen LogP contribution < -0.4 is 16.4 Å². The van der Waals surface area contributed by atoms with Gasteiger partial charge in [0.25, 0.3) is 0 Å². The number of halogens is 1. The Morgan fingerprint density at radius 2 is 1.50 bits per heavy atom. The predicted molar refractivity (Wildman–Crippen MR) is 146 cm³/mol. The Balaban J connectivity index is 0.000000234. The molecule has 176 valence electrons. The minimum Gasteiger partial charge on any atom is -0.465 e. The molecule has 5 N–H and O–H groups in total. The number of nitrogens with zero attached hydrogens (tertiary/aromatic N) is 1. The van der Waals surface area contributed by atoms with Crippen LogP contribution in [-0.4, -0.2) is 17.0 Å². The molecular formula is C26H27ClN4O2S. The van der Waals surface area contributed by atoms with Crippen LogP contribution >= 0.6 is 23.7 Å². The highest BCUT2D eigenvalue weighted by molar-refractivity contribution is 7.12. The molecule has 1 aromatic heterocycles. The van der Waals surface area contributed by atoms with Gasteiger partial charge in [-0.3, -0.25) is 5.32 Å². The highest BCUT2D eigenvalue weighted by Crippen LogP contribution is 2.19. The van der Waals surface area contributed by atoms with Gasteiger partial charge in [0.1, 0.15) is 5.84 Å². The SMILES string of the molecule is CCc1ccc(N=C(N)c2cccs2)cc1.Cl.O=C(O)Nc1ccc(Nc2ccccc2)cc1. The molecule has 8 heteroatoms. The molecule has 34 heavy (non-hydrogen) atoms. The zero-order chi connectivity index (χ0) is 23.5. The minimum absolute atomic E-state index is 0. The second kappa shape index (κ2) is 13.7. The first-order chi connectivity index (χ1) is 16.0. The van der Waals surface area contributed by atoms with Gasteiger partial charge >= 0.3 is 6.09 Å². The Labute approximate surface area is 209 Å². The van der Waals surface area contributed by atoms with Crippen molar-refractivity contribution in [1.82, 2.24) is 0 Å². The molecule has 0 unspecified atom stereocenters. The van der Waals surface area contributed by atoms with Crippen LogP contribution in [0.5, 0.6) is 0 Å². The molecule has 0 saturated heterocycles. The van der Waals surface area contributed by atoms with E-state index >= 15 is 0 Å². The van der Waals surface area contributed by atoms with Gasteiger partial charge in [-0.2, -0.15) is 0 Å². The largest absolute Gasteiger partial charge is 0.465 e. The third kappa shape index (κ3) is 8.61. The number of amidine groups is 1. The summed E-state index contributed by atoms with van der Waals surface area (Å²) >= 11 is 1.60. The maximum absolute atomic E-state index is 10.4. The highest BCUT2D eigenvalue weighted by atomic mass is 35.5. The Kier molecular flexibility index (Phi) is 10.6. The lowest BCUT2D eigenvalue weighted by Gasteiger charge is -2.07. The number of hydrogen-bond acceptors (Lipinski definition) is 4. The zero-order valence-electron chi connectivity index (χ0n) is 18.6. The Morgan fingerprint density at radius 1 is 0.882 bits per heavy atom. The van der Waals surface area contributed by atoms with Gasteiger partial charge in [0.05, 0.1) is 10.6 Å². The van der Waals surface area contributed by atoms with E-state index in [2.05, 4.69) is 34.7 Å². The van der Waals surface area contributed by atoms with Crippen LogP contribution in [0.2, 0.25) is 0 Å². The van der Waals surface area contributed by atoms with Gasteiger partial charge in [-0.15, -0.1) is 23.7 Å². The lowest BCUT2D eigenvalue weighted by Crippen LogP contribution is -2.10. The van der Waals surface area contributed by atoms with Crippen LogP contribution in [0.25, 0.3) is 0 Å². The Bertz CT molecular complexity index is 1160. The van der Waals surface area contributed by atoms with Crippen molar-refractivity contribution in [2.75, 3.05) is 10.6 Å². The van der Waals surface area contributed by atoms with Gasteiger partial charge in [0, 0.05) is 17.1 Å². The van der Waals surface area contributed by atoms with Gasteiger partial charge in [-0.25, -0.2) is 9.79 Å². The number of rotatable bonds is 6. The number of para-hydroxylation sites is 1. The summed E-state index contributed by atoms with van der Waals surface area (Å²) in [4.78, 5) is 15.8. The van der Waals surface area contributed by atoms with Crippen LogP contribution in [-0.2, 0) is 6.42 Å². The molecule has 3 aromatic carbocycles. The molecule has 4 aromatic rings. The first kappa shape index (κ1) is 26.4. The molecular weight excluding hydrogens is 468 g/mol. The van der Waals surface area contributed by atoms with Crippen LogP contribution in [0.15, 0.2) is 101 Å². The van der Waals surface area contributed by atoms with E-state index in [1.165, 1.54) is 5.56 Å². The highest BCUT2D eigenvalue weighted by Gasteiger charge is 2.00. The molecule has 1 amide bonds. The fourth-order valence-corrected chi connectivity index (χ4v) is 3.50. The van der Waals surface area contributed by atoms with Crippen molar-refractivity contribution in [2.45, 2.75) is 13.3 Å². The number of hydrogen-bond donors (Lipinski definition) is 4. The van der Waals surface area contributed by atoms with Gasteiger partial charge < -0.3 is 16.2 Å².